The van der Waals surface area contributed by atoms with Crippen LogP contribution in [0.2, 0.25) is 0 Å². The van der Waals surface area contributed by atoms with Gasteiger partial charge in [0.1, 0.15) is 34.7 Å². The average Bonchev–Trinajstić information content (AvgIpc) is 1.25. The molecule has 1 saturated carbocycles. The van der Waals surface area contributed by atoms with Crippen LogP contribution in [0, 0.1) is 17.8 Å². The molecule has 662 valence electrons. The van der Waals surface area contributed by atoms with E-state index < -0.39 is 17.4 Å². The van der Waals surface area contributed by atoms with Crippen molar-refractivity contribution in [2.45, 2.75) is 159 Å². The van der Waals surface area contributed by atoms with E-state index in [0.717, 1.165) is 156 Å². The number of ether oxygens (including phenoxy) is 21. The first-order valence-corrected chi connectivity index (χ1v) is 43.8. The number of carbonyl (C=O) groups is 1. The quantitative estimate of drug-likeness (QED) is 0.0686. The van der Waals surface area contributed by atoms with Gasteiger partial charge >= 0.3 is 5.97 Å². The normalized spacial score (nSPS) is 26.0. The second-order valence-electron chi connectivity index (χ2n) is 34.2. The third-order valence-electron chi connectivity index (χ3n) is 27.2. The van der Waals surface area contributed by atoms with Crippen LogP contribution in [0.15, 0.2) is 121 Å². The van der Waals surface area contributed by atoms with E-state index in [2.05, 4.69) is 94.1 Å². The van der Waals surface area contributed by atoms with Crippen molar-refractivity contribution in [2.24, 2.45) is 17.8 Å². The van der Waals surface area contributed by atoms with E-state index in [-0.39, 0.29) is 74.2 Å². The van der Waals surface area contributed by atoms with Gasteiger partial charge in [-0.3, -0.25) is 19.5 Å². The van der Waals surface area contributed by atoms with Crippen LogP contribution in [0.25, 0.3) is 0 Å². The van der Waals surface area contributed by atoms with Crippen molar-refractivity contribution >= 4 is 11.7 Å². The maximum Gasteiger partial charge on any atom is 0.315 e. The van der Waals surface area contributed by atoms with Gasteiger partial charge in [-0.1, -0.05) is 37.6 Å². The Morgan fingerprint density at radius 3 is 1.31 bits per heavy atom. The number of carbonyl (C=O) groups excluding carboxylic acids is 1. The first-order chi connectivity index (χ1) is 60.2. The molecule has 0 spiro atoms. The lowest BCUT2D eigenvalue weighted by Crippen LogP contribution is -2.61. The van der Waals surface area contributed by atoms with Gasteiger partial charge in [0.15, 0.2) is 86.2 Å². The molecule has 11 heterocycles. The summed E-state index contributed by atoms with van der Waals surface area (Å²) in [6.45, 7) is 20.0. The fourth-order valence-corrected chi connectivity index (χ4v) is 21.0. The molecule has 12 aliphatic rings. The molecule has 11 aliphatic heterocycles. The van der Waals surface area contributed by atoms with Crippen molar-refractivity contribution < 1.29 is 104 Å². The second-order valence-corrected chi connectivity index (χ2v) is 34.2. The predicted octanol–water partition coefficient (Wildman–Crippen LogP) is 17.4. The van der Waals surface area contributed by atoms with Gasteiger partial charge < -0.3 is 104 Å². The number of benzene rings is 8. The molecule has 124 heavy (non-hydrogen) atoms. The van der Waals surface area contributed by atoms with Crippen molar-refractivity contribution in [3.05, 3.63) is 166 Å². The zero-order valence-corrected chi connectivity index (χ0v) is 74.1. The van der Waals surface area contributed by atoms with E-state index in [4.69, 9.17) is 99.5 Å². The smallest absolute Gasteiger partial charge is 0.315 e. The first kappa shape index (κ1) is 85.2. The van der Waals surface area contributed by atoms with Gasteiger partial charge in [0, 0.05) is 167 Å². The molecular weight excluding hydrogens is 1590 g/mol. The highest BCUT2D eigenvalue weighted by atomic mass is 16.7. The Morgan fingerprint density at radius 2 is 0.847 bits per heavy atom. The molecule has 0 aromatic heterocycles. The number of methoxy groups -OCH3 is 7. The molecule has 0 bridgehead atoms. The number of anilines is 1. The van der Waals surface area contributed by atoms with E-state index in [1.165, 1.54) is 49.7 Å². The SMILES string of the molecule is CCOC(=O)C1C(c2ccc(N(C)C)cc2)c2cc3c(cc2OC1(C)N1CCCC1)OCO3.CCOC1(C)Oc2cc3c(cc2C(c2cc(OC)c(OC)c(OC)c2)C1C)OCO3.COc1cc(C2c3cc4c(cc3OC3(N5CCCC5)CCCCC23)OCO4)cc(OC)c1OC.COc1ccc(C2CC(C)(N3CCCC3)Oc3cc4c(cc32)OCO4)cc1. The predicted molar refractivity (Wildman–Crippen MR) is 464 cm³/mol. The molecule has 11 atom stereocenters. The van der Waals surface area contributed by atoms with Crippen molar-refractivity contribution in [1.82, 2.24) is 14.7 Å². The third-order valence-corrected chi connectivity index (χ3v) is 27.2. The number of likely N-dealkylation sites (tertiary alicyclic amines) is 3. The Balaban J connectivity index is 0.000000117. The summed E-state index contributed by atoms with van der Waals surface area (Å²) >= 11 is 0. The minimum atomic E-state index is -0.839. The van der Waals surface area contributed by atoms with Gasteiger partial charge in [-0.25, -0.2) is 0 Å². The van der Waals surface area contributed by atoms with Gasteiger partial charge in [-0.05, 0) is 174 Å². The molecule has 0 N–H and O–H groups in total. The summed E-state index contributed by atoms with van der Waals surface area (Å²) in [6, 6.07) is 41.0. The zero-order valence-electron chi connectivity index (χ0n) is 74.1. The minimum Gasteiger partial charge on any atom is -0.497 e. The van der Waals surface area contributed by atoms with E-state index >= 15 is 0 Å². The fourth-order valence-electron chi connectivity index (χ4n) is 21.0. The number of rotatable bonds is 19. The Hall–Kier alpha value is -10.9. The molecule has 1 aliphatic carbocycles. The van der Waals surface area contributed by atoms with Crippen LogP contribution in [-0.2, 0) is 14.3 Å². The van der Waals surface area contributed by atoms with Gasteiger partial charge in [0.05, 0.1) is 56.4 Å². The van der Waals surface area contributed by atoms with Crippen LogP contribution in [0.5, 0.6) is 109 Å². The topological polar surface area (TPSA) is 224 Å². The highest BCUT2D eigenvalue weighted by molar-refractivity contribution is 5.78. The number of fused-ring (bicyclic) bond motifs is 9. The molecular formula is C98H118N4O22. The Morgan fingerprint density at radius 1 is 0.419 bits per heavy atom. The molecule has 8 aromatic rings. The van der Waals surface area contributed by atoms with Gasteiger partial charge in [-0.15, -0.1) is 0 Å². The zero-order chi connectivity index (χ0) is 86.3. The molecule has 4 fully saturated rings. The van der Waals surface area contributed by atoms with Crippen LogP contribution >= 0.6 is 0 Å². The van der Waals surface area contributed by atoms with Crippen LogP contribution < -0.4 is 94.9 Å². The van der Waals surface area contributed by atoms with Crippen LogP contribution in [-0.4, -0.2) is 187 Å². The summed E-state index contributed by atoms with van der Waals surface area (Å²) in [6.07, 6.45) is 12.5. The molecule has 0 amide bonds. The minimum absolute atomic E-state index is 0.0203. The maximum absolute atomic E-state index is 13.6. The van der Waals surface area contributed by atoms with E-state index in [9.17, 15) is 4.79 Å². The van der Waals surface area contributed by atoms with Gasteiger partial charge in [-0.2, -0.15) is 0 Å². The lowest BCUT2D eigenvalue weighted by molar-refractivity contribution is -0.209. The molecule has 26 heteroatoms. The highest BCUT2D eigenvalue weighted by Crippen LogP contribution is 2.62. The van der Waals surface area contributed by atoms with Gasteiger partial charge in [0.2, 0.25) is 44.5 Å². The van der Waals surface area contributed by atoms with Crippen LogP contribution in [0.4, 0.5) is 5.69 Å². The molecule has 26 nitrogen and oxygen atoms in total. The average molecular weight is 1700 g/mol. The van der Waals surface area contributed by atoms with Crippen LogP contribution in [0.1, 0.15) is 180 Å². The van der Waals surface area contributed by atoms with Crippen molar-refractivity contribution in [2.75, 3.05) is 148 Å². The first-order valence-electron chi connectivity index (χ1n) is 43.8. The number of hydrogen-bond donors (Lipinski definition) is 0. The number of esters is 1. The summed E-state index contributed by atoms with van der Waals surface area (Å²) in [7, 11) is 15.6. The molecule has 11 unspecified atom stereocenters. The van der Waals surface area contributed by atoms with E-state index in [1.807, 2.05) is 102 Å². The summed E-state index contributed by atoms with van der Waals surface area (Å²) < 4.78 is 123. The fraction of sp³-hybridized carbons (Fsp3) is 0.500. The Kier molecular flexibility index (Phi) is 24.5. The number of hydrogen-bond acceptors (Lipinski definition) is 26. The van der Waals surface area contributed by atoms with Crippen molar-refractivity contribution in [3.63, 3.8) is 0 Å². The highest BCUT2D eigenvalue weighted by Gasteiger charge is 2.59. The third kappa shape index (κ3) is 15.8. The molecule has 20 rings (SSSR count). The summed E-state index contributed by atoms with van der Waals surface area (Å²) in [4.78, 5) is 23.0. The van der Waals surface area contributed by atoms with Gasteiger partial charge in [0.25, 0.3) is 0 Å². The van der Waals surface area contributed by atoms with E-state index in [0.29, 0.717) is 82.4 Å². The molecule has 8 aromatic carbocycles. The Bertz CT molecular complexity index is 5120. The molecule has 3 saturated heterocycles. The monoisotopic (exact) mass is 1700 g/mol. The number of nitrogens with zero attached hydrogens (tertiary/aromatic N) is 4. The Labute approximate surface area is 727 Å². The maximum atomic E-state index is 13.6. The summed E-state index contributed by atoms with van der Waals surface area (Å²) in [5.41, 5.74) is 8.33. The van der Waals surface area contributed by atoms with Crippen LogP contribution in [0.3, 0.4) is 0 Å². The standard InChI is InChI=1S/C27H33NO6.C26H32N2O5.C23H28O7.C22H25NO4/c1-29-23-12-17(13-24(30-2)26(23)31-3)25-18-14-21-22(33-16-32-21)15-20(18)34-27(28-10-6-7-11-28)9-5-4-8-19(25)27;1-5-30-25(29)24-23(17-8-10-18(11-9-17)27(3)4)19-14-21-22(32-16-31-21)15-20(19)33-26(24,2)28-12-6-7-13-28;1-7-29-23(3)13(2)21(14-8-19(24-4)22(26-6)20(9-14)25-5)15-10-17-18(28-12-27-17)11-16(15)30-23;1-22(23-9-3-4-10-23)13-18(15-5-7-16(24-2)8-6-15)17-11-20-21(26-14-25-20)12-19(17)27-22/h12-15,19,25H,4-11,16H2,1-3H3;8-11,14-15,23-24H,5-7,12-13,16H2,1-4H3;8-11,13,21H,7,12H2,1-6H3;5-8,11-12,18H,3-4,9-10,13-14H2,1-2H3. The lowest BCUT2D eigenvalue weighted by Gasteiger charge is -2.55. The largest absolute Gasteiger partial charge is 0.497 e. The van der Waals surface area contributed by atoms with E-state index in [1.54, 1.807) is 49.8 Å². The van der Waals surface area contributed by atoms with Crippen molar-refractivity contribution in [1.29, 1.82) is 0 Å². The lowest BCUT2D eigenvalue weighted by atomic mass is 9.66. The molecule has 0 radical (unpaired) electrons. The summed E-state index contributed by atoms with van der Waals surface area (Å²) in [5, 5.41) is 0. The second kappa shape index (κ2) is 35.6. The van der Waals surface area contributed by atoms with Crippen molar-refractivity contribution in [3.8, 4) is 109 Å². The summed E-state index contributed by atoms with van der Waals surface area (Å²) in [5.74, 6) is 12.4.